The number of nitrogens with zero attached hydrogens (tertiary/aromatic N) is 4. The van der Waals surface area contributed by atoms with Gasteiger partial charge in [-0.3, -0.25) is 4.98 Å². The summed E-state index contributed by atoms with van der Waals surface area (Å²) in [5.41, 5.74) is 2.74. The zero-order chi connectivity index (χ0) is 13.9. The molecule has 0 radical (unpaired) electrons. The van der Waals surface area contributed by atoms with Gasteiger partial charge in [-0.25, -0.2) is 4.68 Å². The molecule has 2 heterocycles. The highest BCUT2D eigenvalue weighted by atomic mass is 16.3. The number of aliphatic hydroxyl groups is 1. The lowest BCUT2D eigenvalue weighted by Crippen LogP contribution is -2.00. The van der Waals surface area contributed by atoms with Gasteiger partial charge < -0.3 is 5.11 Å². The third kappa shape index (κ3) is 2.53. The van der Waals surface area contributed by atoms with Crippen LogP contribution in [0, 0.1) is 0 Å². The van der Waals surface area contributed by atoms with E-state index >= 15 is 0 Å². The summed E-state index contributed by atoms with van der Waals surface area (Å²) in [5.74, 6) is 0. The largest absolute Gasteiger partial charge is 0.387 e. The van der Waals surface area contributed by atoms with Crippen molar-refractivity contribution >= 4 is 10.9 Å². The monoisotopic (exact) mass is 268 g/mol. The predicted molar refractivity (Wildman–Crippen MR) is 76.1 cm³/mol. The number of rotatable bonds is 4. The summed E-state index contributed by atoms with van der Waals surface area (Å²) in [6.45, 7) is 2.55. The maximum Gasteiger partial charge on any atom is 0.111 e. The molecule has 1 N–H and O–H groups in total. The molecule has 102 valence electrons. The molecule has 1 atom stereocenters. The van der Waals surface area contributed by atoms with Crippen LogP contribution >= 0.6 is 0 Å². The molecule has 0 saturated heterocycles. The first-order chi connectivity index (χ1) is 9.76. The first-order valence-corrected chi connectivity index (χ1v) is 6.68. The Morgan fingerprint density at radius 2 is 2.20 bits per heavy atom. The predicted octanol–water partition coefficient (Wildman–Crippen LogP) is 2.32. The fourth-order valence-electron chi connectivity index (χ4n) is 2.16. The Morgan fingerprint density at radius 3 is 3.05 bits per heavy atom. The molecule has 0 aliphatic rings. The van der Waals surface area contributed by atoms with Crippen LogP contribution in [0.1, 0.15) is 30.7 Å². The van der Waals surface area contributed by atoms with Crippen molar-refractivity contribution in [1.82, 2.24) is 20.0 Å². The Morgan fingerprint density at radius 1 is 1.30 bits per heavy atom. The van der Waals surface area contributed by atoms with Crippen molar-refractivity contribution in [3.63, 3.8) is 0 Å². The summed E-state index contributed by atoms with van der Waals surface area (Å²) in [4.78, 5) is 4.30. The highest BCUT2D eigenvalue weighted by Crippen LogP contribution is 2.15. The standard InChI is InChI=1S/C15H16N4O/c1-2-15(20)14-10-19(18-17-14)9-11-5-6-13-12(8-11)4-3-7-16-13/h3-8,10,15,20H,2,9H2,1H3. The number of pyridine rings is 1. The van der Waals surface area contributed by atoms with Crippen LogP contribution in [0.25, 0.3) is 10.9 Å². The Kier molecular flexibility index (Phi) is 3.43. The maximum absolute atomic E-state index is 9.73. The molecule has 1 unspecified atom stereocenters. The molecule has 1 aromatic carbocycles. The molecule has 0 saturated carbocycles. The van der Waals surface area contributed by atoms with Crippen LogP contribution in [0.5, 0.6) is 0 Å². The first-order valence-electron chi connectivity index (χ1n) is 6.68. The third-order valence-corrected chi connectivity index (χ3v) is 3.30. The number of hydrogen-bond acceptors (Lipinski definition) is 4. The average Bonchev–Trinajstić information content (AvgIpc) is 2.95. The second kappa shape index (κ2) is 5.38. The minimum Gasteiger partial charge on any atom is -0.387 e. The van der Waals surface area contributed by atoms with Gasteiger partial charge in [-0.1, -0.05) is 24.3 Å². The molecule has 2 aromatic heterocycles. The Bertz CT molecular complexity index is 722. The molecule has 5 heteroatoms. The van der Waals surface area contributed by atoms with E-state index in [1.807, 2.05) is 31.2 Å². The summed E-state index contributed by atoms with van der Waals surface area (Å²) in [7, 11) is 0. The quantitative estimate of drug-likeness (QED) is 0.788. The molecule has 0 aliphatic carbocycles. The van der Waals surface area contributed by atoms with E-state index in [1.54, 1.807) is 17.1 Å². The van der Waals surface area contributed by atoms with Crippen LogP contribution < -0.4 is 0 Å². The van der Waals surface area contributed by atoms with E-state index < -0.39 is 6.10 Å². The van der Waals surface area contributed by atoms with Gasteiger partial charge in [0.2, 0.25) is 0 Å². The molecular formula is C15H16N4O. The Hall–Kier alpha value is -2.27. The molecule has 5 nitrogen and oxygen atoms in total. The summed E-state index contributed by atoms with van der Waals surface area (Å²) < 4.78 is 1.74. The number of hydrogen-bond donors (Lipinski definition) is 1. The SMILES string of the molecule is CCC(O)c1cn(Cc2ccc3ncccc3c2)nn1. The van der Waals surface area contributed by atoms with E-state index in [4.69, 9.17) is 0 Å². The van der Waals surface area contributed by atoms with Gasteiger partial charge in [0.25, 0.3) is 0 Å². The van der Waals surface area contributed by atoms with Crippen molar-refractivity contribution in [2.75, 3.05) is 0 Å². The average molecular weight is 268 g/mol. The number of benzene rings is 1. The van der Waals surface area contributed by atoms with Gasteiger partial charge >= 0.3 is 0 Å². The third-order valence-electron chi connectivity index (χ3n) is 3.30. The molecule has 0 bridgehead atoms. The summed E-state index contributed by atoms with van der Waals surface area (Å²) >= 11 is 0. The maximum atomic E-state index is 9.73. The number of aliphatic hydroxyl groups excluding tert-OH is 1. The summed E-state index contributed by atoms with van der Waals surface area (Å²) in [5, 5.41) is 18.9. The Balaban J connectivity index is 1.83. The van der Waals surface area contributed by atoms with Gasteiger partial charge in [0.15, 0.2) is 0 Å². The van der Waals surface area contributed by atoms with Gasteiger partial charge in [-0.05, 0) is 30.2 Å². The molecule has 3 aromatic rings. The molecule has 20 heavy (non-hydrogen) atoms. The van der Waals surface area contributed by atoms with Crippen molar-refractivity contribution < 1.29 is 5.11 Å². The van der Waals surface area contributed by atoms with Crippen LogP contribution in [-0.2, 0) is 6.54 Å². The molecular weight excluding hydrogens is 252 g/mol. The van der Waals surface area contributed by atoms with Gasteiger partial charge in [0, 0.05) is 11.6 Å². The van der Waals surface area contributed by atoms with Gasteiger partial charge in [-0.15, -0.1) is 5.10 Å². The molecule has 3 rings (SSSR count). The van der Waals surface area contributed by atoms with E-state index in [0.717, 1.165) is 16.5 Å². The topological polar surface area (TPSA) is 63.8 Å². The summed E-state index contributed by atoms with van der Waals surface area (Å²) in [6.07, 6.45) is 3.68. The van der Waals surface area contributed by atoms with Gasteiger partial charge in [0.1, 0.15) is 5.69 Å². The second-order valence-electron chi connectivity index (χ2n) is 4.80. The molecule has 0 aliphatic heterocycles. The van der Waals surface area contributed by atoms with Crippen LogP contribution in [0.3, 0.4) is 0 Å². The van der Waals surface area contributed by atoms with Crippen molar-refractivity contribution in [2.45, 2.75) is 26.0 Å². The zero-order valence-corrected chi connectivity index (χ0v) is 11.3. The van der Waals surface area contributed by atoms with E-state index in [9.17, 15) is 5.11 Å². The van der Waals surface area contributed by atoms with E-state index in [1.165, 1.54) is 0 Å². The van der Waals surface area contributed by atoms with Crippen molar-refractivity contribution in [3.8, 4) is 0 Å². The van der Waals surface area contributed by atoms with Gasteiger partial charge in [0.05, 0.1) is 24.4 Å². The normalized spacial score (nSPS) is 12.7. The summed E-state index contributed by atoms with van der Waals surface area (Å²) in [6, 6.07) is 10.1. The zero-order valence-electron chi connectivity index (χ0n) is 11.3. The lowest BCUT2D eigenvalue weighted by Gasteiger charge is -2.03. The fraction of sp³-hybridized carbons (Fsp3) is 0.267. The van der Waals surface area contributed by atoms with Crippen LogP contribution in [0.2, 0.25) is 0 Å². The Labute approximate surface area is 116 Å². The van der Waals surface area contributed by atoms with Crippen molar-refractivity contribution in [1.29, 1.82) is 0 Å². The number of fused-ring (bicyclic) bond motifs is 1. The van der Waals surface area contributed by atoms with Crippen molar-refractivity contribution in [3.05, 3.63) is 54.0 Å². The smallest absolute Gasteiger partial charge is 0.111 e. The fourth-order valence-corrected chi connectivity index (χ4v) is 2.16. The van der Waals surface area contributed by atoms with E-state index in [-0.39, 0.29) is 0 Å². The van der Waals surface area contributed by atoms with Crippen LogP contribution in [0.4, 0.5) is 0 Å². The number of aromatic nitrogens is 4. The lowest BCUT2D eigenvalue weighted by molar-refractivity contribution is 0.168. The molecule has 0 spiro atoms. The second-order valence-corrected chi connectivity index (χ2v) is 4.80. The molecule has 0 fully saturated rings. The van der Waals surface area contributed by atoms with E-state index in [2.05, 4.69) is 21.4 Å². The lowest BCUT2D eigenvalue weighted by atomic mass is 10.1. The van der Waals surface area contributed by atoms with Crippen LogP contribution in [0.15, 0.2) is 42.7 Å². The molecule has 0 amide bonds. The first kappa shape index (κ1) is 12.7. The van der Waals surface area contributed by atoms with Gasteiger partial charge in [-0.2, -0.15) is 0 Å². The minimum atomic E-state index is -0.537. The minimum absolute atomic E-state index is 0.537. The van der Waals surface area contributed by atoms with Crippen molar-refractivity contribution in [2.24, 2.45) is 0 Å². The van der Waals surface area contributed by atoms with Crippen LogP contribution in [-0.4, -0.2) is 25.1 Å². The highest BCUT2D eigenvalue weighted by Gasteiger charge is 2.09. The van der Waals surface area contributed by atoms with E-state index in [0.29, 0.717) is 18.7 Å². The highest BCUT2D eigenvalue weighted by molar-refractivity contribution is 5.78.